The van der Waals surface area contributed by atoms with E-state index in [-0.39, 0.29) is 11.8 Å². The van der Waals surface area contributed by atoms with Gasteiger partial charge in [0.05, 0.1) is 4.90 Å². The number of carbonyl (C=O) groups excluding carboxylic acids is 1. The molecule has 1 N–H and O–H groups in total. The Hall–Kier alpha value is -2.18. The van der Waals surface area contributed by atoms with Gasteiger partial charge in [0.25, 0.3) is 0 Å². The molecule has 162 valence electrons. The summed E-state index contributed by atoms with van der Waals surface area (Å²) in [7, 11) is -3.59. The van der Waals surface area contributed by atoms with E-state index in [4.69, 9.17) is 0 Å². The number of rotatable bonds is 4. The number of nitrogens with one attached hydrogen (secondary N) is 1. The van der Waals surface area contributed by atoms with Gasteiger partial charge in [-0.1, -0.05) is 24.3 Å². The summed E-state index contributed by atoms with van der Waals surface area (Å²) in [6, 6.07) is 7.97. The molecule has 0 radical (unpaired) electrons. The third kappa shape index (κ3) is 4.16. The lowest BCUT2D eigenvalue weighted by Crippen LogP contribution is -2.42. The normalized spacial score (nSPS) is 15.9. The summed E-state index contributed by atoms with van der Waals surface area (Å²) in [6.45, 7) is 12.3. The van der Waals surface area contributed by atoms with Crippen LogP contribution in [0.15, 0.2) is 29.2 Å². The van der Waals surface area contributed by atoms with Crippen LogP contribution in [0.4, 0.5) is 5.69 Å². The van der Waals surface area contributed by atoms with E-state index in [1.807, 2.05) is 65.8 Å². The number of para-hydroxylation sites is 1. The van der Waals surface area contributed by atoms with Gasteiger partial charge in [-0.15, -0.1) is 0 Å². The second-order valence-electron chi connectivity index (χ2n) is 8.52. The fraction of sp³-hybridized carbons (Fsp3) is 0.458. The summed E-state index contributed by atoms with van der Waals surface area (Å²) >= 11 is 0. The molecule has 0 aromatic heterocycles. The lowest BCUT2D eigenvalue weighted by molar-refractivity contribution is -0.120. The Kier molecular flexibility index (Phi) is 6.39. The van der Waals surface area contributed by atoms with Crippen LogP contribution in [0.1, 0.15) is 46.2 Å². The van der Waals surface area contributed by atoms with E-state index in [0.717, 1.165) is 39.1 Å². The van der Waals surface area contributed by atoms with Crippen LogP contribution in [-0.2, 0) is 14.8 Å². The van der Waals surface area contributed by atoms with Crippen LogP contribution >= 0.6 is 0 Å². The minimum absolute atomic E-state index is 0.0248. The molecule has 1 aliphatic rings. The van der Waals surface area contributed by atoms with Crippen molar-refractivity contribution in [3.63, 3.8) is 0 Å². The molecule has 2 aromatic carbocycles. The van der Waals surface area contributed by atoms with Crippen LogP contribution in [0, 0.1) is 47.5 Å². The summed E-state index contributed by atoms with van der Waals surface area (Å²) < 4.78 is 28.4. The third-order valence-electron chi connectivity index (χ3n) is 6.45. The van der Waals surface area contributed by atoms with Crippen LogP contribution in [0.2, 0.25) is 0 Å². The van der Waals surface area contributed by atoms with Gasteiger partial charge in [-0.2, -0.15) is 4.31 Å². The average Bonchev–Trinajstić information content (AvgIpc) is 2.69. The van der Waals surface area contributed by atoms with E-state index < -0.39 is 10.0 Å². The Balaban J connectivity index is 1.75. The van der Waals surface area contributed by atoms with Crippen molar-refractivity contribution in [2.45, 2.75) is 59.3 Å². The molecule has 5 nitrogen and oxygen atoms in total. The highest BCUT2D eigenvalue weighted by molar-refractivity contribution is 7.89. The maximum atomic E-state index is 13.4. The number of hydrogen-bond acceptors (Lipinski definition) is 3. The minimum atomic E-state index is -3.59. The van der Waals surface area contributed by atoms with Gasteiger partial charge < -0.3 is 5.32 Å². The van der Waals surface area contributed by atoms with Crippen molar-refractivity contribution in [3.8, 4) is 0 Å². The predicted octanol–water partition coefficient (Wildman–Crippen LogP) is 4.58. The van der Waals surface area contributed by atoms with E-state index in [9.17, 15) is 13.2 Å². The molecule has 6 heteroatoms. The zero-order valence-electron chi connectivity index (χ0n) is 18.8. The molecular weight excluding hydrogens is 396 g/mol. The molecule has 0 unspecified atom stereocenters. The van der Waals surface area contributed by atoms with Crippen molar-refractivity contribution >= 4 is 21.6 Å². The summed E-state index contributed by atoms with van der Waals surface area (Å²) in [5.74, 6) is -0.208. The molecule has 1 heterocycles. The number of carbonyl (C=O) groups is 1. The first-order chi connectivity index (χ1) is 14.0. The minimum Gasteiger partial charge on any atom is -0.325 e. The number of amides is 1. The van der Waals surface area contributed by atoms with Gasteiger partial charge in [-0.3, -0.25) is 4.79 Å². The average molecular weight is 429 g/mol. The molecule has 0 saturated carbocycles. The Morgan fingerprint density at radius 1 is 0.900 bits per heavy atom. The molecule has 0 spiro atoms. The van der Waals surface area contributed by atoms with Gasteiger partial charge >= 0.3 is 0 Å². The summed E-state index contributed by atoms with van der Waals surface area (Å²) in [4.78, 5) is 13.2. The Morgan fingerprint density at radius 2 is 1.40 bits per heavy atom. The largest absolute Gasteiger partial charge is 0.325 e. The predicted molar refractivity (Wildman–Crippen MR) is 121 cm³/mol. The molecule has 1 saturated heterocycles. The van der Waals surface area contributed by atoms with E-state index >= 15 is 0 Å². The number of benzene rings is 2. The quantitative estimate of drug-likeness (QED) is 0.775. The highest BCUT2D eigenvalue weighted by atomic mass is 32.2. The fourth-order valence-corrected chi connectivity index (χ4v) is 6.34. The third-order valence-corrected chi connectivity index (χ3v) is 8.62. The van der Waals surface area contributed by atoms with Crippen molar-refractivity contribution in [1.82, 2.24) is 4.31 Å². The van der Waals surface area contributed by atoms with Gasteiger partial charge in [0, 0.05) is 24.7 Å². The number of piperidine rings is 1. The molecule has 1 fully saturated rings. The van der Waals surface area contributed by atoms with E-state index in [1.54, 1.807) is 4.31 Å². The highest BCUT2D eigenvalue weighted by Gasteiger charge is 2.34. The number of hydrogen-bond donors (Lipinski definition) is 1. The smallest absolute Gasteiger partial charge is 0.243 e. The van der Waals surface area contributed by atoms with Crippen molar-refractivity contribution in [3.05, 3.63) is 57.6 Å². The Bertz CT molecular complexity index is 1040. The zero-order valence-corrected chi connectivity index (χ0v) is 19.6. The maximum absolute atomic E-state index is 13.4. The highest BCUT2D eigenvalue weighted by Crippen LogP contribution is 2.31. The first kappa shape index (κ1) is 22.5. The Morgan fingerprint density at radius 3 is 1.90 bits per heavy atom. The lowest BCUT2D eigenvalue weighted by Gasteiger charge is -2.32. The van der Waals surface area contributed by atoms with E-state index in [1.165, 1.54) is 0 Å². The topological polar surface area (TPSA) is 66.5 Å². The van der Waals surface area contributed by atoms with Crippen molar-refractivity contribution < 1.29 is 13.2 Å². The summed E-state index contributed by atoms with van der Waals surface area (Å²) in [6.07, 6.45) is 1.05. The van der Waals surface area contributed by atoms with Gasteiger partial charge in [0.2, 0.25) is 15.9 Å². The molecule has 2 aromatic rings. The number of sulfonamides is 1. The molecule has 30 heavy (non-hydrogen) atoms. The van der Waals surface area contributed by atoms with Crippen LogP contribution in [0.25, 0.3) is 0 Å². The van der Waals surface area contributed by atoms with E-state index in [2.05, 4.69) is 5.32 Å². The van der Waals surface area contributed by atoms with Gasteiger partial charge in [0.1, 0.15) is 0 Å². The second kappa shape index (κ2) is 8.52. The summed E-state index contributed by atoms with van der Waals surface area (Å²) in [5.41, 5.74) is 6.52. The van der Waals surface area contributed by atoms with Crippen molar-refractivity contribution in [2.24, 2.45) is 5.92 Å². The molecule has 3 rings (SSSR count). The monoisotopic (exact) mass is 428 g/mol. The fourth-order valence-electron chi connectivity index (χ4n) is 4.29. The molecule has 0 bridgehead atoms. The molecule has 1 aliphatic heterocycles. The first-order valence-corrected chi connectivity index (χ1v) is 11.9. The van der Waals surface area contributed by atoms with Gasteiger partial charge in [-0.25, -0.2) is 8.42 Å². The van der Waals surface area contributed by atoms with Crippen molar-refractivity contribution in [1.29, 1.82) is 0 Å². The molecule has 0 aliphatic carbocycles. The summed E-state index contributed by atoms with van der Waals surface area (Å²) in [5, 5.41) is 3.06. The van der Waals surface area contributed by atoms with Gasteiger partial charge in [0.15, 0.2) is 0 Å². The SMILES string of the molecule is Cc1cc(C)c(C)c(S(=O)(=O)N2CCC(C(=O)Nc3c(C)cccc3C)CC2)c1C. The van der Waals surface area contributed by atoms with E-state index in [0.29, 0.717) is 30.8 Å². The molecule has 0 atom stereocenters. The second-order valence-corrected chi connectivity index (χ2v) is 10.4. The number of anilines is 1. The van der Waals surface area contributed by atoms with Crippen molar-refractivity contribution in [2.75, 3.05) is 18.4 Å². The molecular formula is C24H32N2O3S. The van der Waals surface area contributed by atoms with Crippen LogP contribution in [-0.4, -0.2) is 31.7 Å². The van der Waals surface area contributed by atoms with Crippen LogP contribution < -0.4 is 5.32 Å². The standard InChI is InChI=1S/C24H32N2O3S/c1-15-8-7-9-16(2)22(15)25-24(27)21-10-12-26(13-11-21)30(28,29)23-19(5)17(3)14-18(4)20(23)6/h7-9,14,21H,10-13H2,1-6H3,(H,25,27). The van der Waals surface area contributed by atoms with Crippen LogP contribution in [0.3, 0.4) is 0 Å². The zero-order chi connectivity index (χ0) is 22.2. The molecule has 1 amide bonds. The van der Waals surface area contributed by atoms with Gasteiger partial charge in [-0.05, 0) is 87.8 Å². The number of aryl methyl sites for hydroxylation is 4. The Labute approximate surface area is 180 Å². The maximum Gasteiger partial charge on any atom is 0.243 e. The number of nitrogens with zero attached hydrogens (tertiary/aromatic N) is 1. The lowest BCUT2D eigenvalue weighted by atomic mass is 9.96. The van der Waals surface area contributed by atoms with Crippen LogP contribution in [0.5, 0.6) is 0 Å². The first-order valence-electron chi connectivity index (χ1n) is 10.5.